The van der Waals surface area contributed by atoms with Gasteiger partial charge in [0, 0.05) is 25.5 Å². The number of hydrogen-bond donors (Lipinski definition) is 2. The average Bonchev–Trinajstić information content (AvgIpc) is 2.94. The van der Waals surface area contributed by atoms with Gasteiger partial charge < -0.3 is 32.9 Å². The largest absolute Gasteiger partial charge is 1.00 e. The van der Waals surface area contributed by atoms with Gasteiger partial charge in [0.1, 0.15) is 12.1 Å². The molecule has 0 bridgehead atoms. The predicted molar refractivity (Wildman–Crippen MR) is 165 cm³/mol. The molecular formula is C33H60ClN3O5. The topological polar surface area (TPSA) is 99.9 Å². The van der Waals surface area contributed by atoms with Gasteiger partial charge in [-0.15, -0.1) is 0 Å². The van der Waals surface area contributed by atoms with Crippen LogP contribution in [0, 0.1) is 0 Å². The quantitative estimate of drug-likeness (QED) is 0.112. The van der Waals surface area contributed by atoms with Crippen molar-refractivity contribution in [1.82, 2.24) is 5.32 Å². The summed E-state index contributed by atoms with van der Waals surface area (Å²) in [5, 5.41) is 2.93. The summed E-state index contributed by atoms with van der Waals surface area (Å²) < 4.78 is 10.6. The Hall–Kier alpha value is -1.77. The summed E-state index contributed by atoms with van der Waals surface area (Å²) in [6.07, 6.45) is 21.2. The highest BCUT2D eigenvalue weighted by atomic mass is 35.5. The number of esters is 1. The summed E-state index contributed by atoms with van der Waals surface area (Å²) >= 11 is 0. The lowest BCUT2D eigenvalue weighted by molar-refractivity contribution is -1.07. The third kappa shape index (κ3) is 11.1. The highest BCUT2D eigenvalue weighted by Crippen LogP contribution is 2.41. The molecule has 1 fully saturated rings. The van der Waals surface area contributed by atoms with Crippen LogP contribution in [-0.2, 0) is 19.1 Å². The van der Waals surface area contributed by atoms with Gasteiger partial charge in [0.2, 0.25) is 0 Å². The number of allylic oxidation sites excluding steroid dienone is 1. The normalized spacial score (nSPS) is 21.9. The number of amides is 1. The monoisotopic (exact) mass is 613 g/mol. The first-order valence-electron chi connectivity index (χ1n) is 16.6. The highest BCUT2D eigenvalue weighted by molar-refractivity contribution is 5.94. The number of nitrogens with two attached hydrogens (primary N) is 1. The van der Waals surface area contributed by atoms with Crippen LogP contribution in [0.5, 0.6) is 0 Å². The molecule has 9 heteroatoms. The van der Waals surface area contributed by atoms with Gasteiger partial charge in [-0.1, -0.05) is 108 Å². The molecule has 0 aliphatic carbocycles. The second-order valence-corrected chi connectivity index (χ2v) is 11.9. The molecule has 0 aromatic rings. The van der Waals surface area contributed by atoms with Crippen LogP contribution in [0.25, 0.3) is 0 Å². The first-order valence-corrected chi connectivity index (χ1v) is 16.6. The van der Waals surface area contributed by atoms with Crippen LogP contribution in [0.4, 0.5) is 4.79 Å². The minimum Gasteiger partial charge on any atom is -1.00 e. The molecule has 3 N–H and O–H groups in total. The summed E-state index contributed by atoms with van der Waals surface area (Å²) in [7, 11) is 1.33. The van der Waals surface area contributed by atoms with Gasteiger partial charge in [0.15, 0.2) is 11.7 Å². The molecule has 0 radical (unpaired) electrons. The van der Waals surface area contributed by atoms with Crippen molar-refractivity contribution in [3.05, 3.63) is 22.5 Å². The Bertz CT molecular complexity index is 874. The number of unbranched alkanes of at least 4 members (excludes halogenated alkanes) is 15. The molecule has 1 saturated heterocycles. The molecule has 42 heavy (non-hydrogen) atoms. The summed E-state index contributed by atoms with van der Waals surface area (Å²) in [6.45, 7) is 9.65. The average molecular weight is 614 g/mol. The van der Waals surface area contributed by atoms with Crippen LogP contribution in [0.2, 0.25) is 0 Å². The number of halogens is 1. The van der Waals surface area contributed by atoms with Gasteiger partial charge in [-0.3, -0.25) is 0 Å². The van der Waals surface area contributed by atoms with Crippen molar-refractivity contribution >= 4 is 12.1 Å². The van der Waals surface area contributed by atoms with Crippen molar-refractivity contribution in [2.75, 3.05) is 26.8 Å². The van der Waals surface area contributed by atoms with E-state index in [-0.39, 0.29) is 34.8 Å². The third-order valence-corrected chi connectivity index (χ3v) is 9.04. The molecule has 244 valence electrons. The van der Waals surface area contributed by atoms with Crippen molar-refractivity contribution in [2.24, 2.45) is 5.73 Å². The van der Waals surface area contributed by atoms with E-state index in [4.69, 9.17) is 20.0 Å². The number of quaternary nitrogens is 1. The van der Waals surface area contributed by atoms with Crippen LogP contribution in [0.1, 0.15) is 137 Å². The number of nitrogens with zero attached hydrogens (tertiary/aromatic N) is 1. The van der Waals surface area contributed by atoms with Gasteiger partial charge in [-0.05, 0) is 20.3 Å². The molecule has 1 amide bonds. The molecule has 2 aliphatic rings. The maximum atomic E-state index is 12.9. The van der Waals surface area contributed by atoms with E-state index in [1.807, 2.05) is 13.8 Å². The first-order chi connectivity index (χ1) is 19.8. The van der Waals surface area contributed by atoms with E-state index in [0.29, 0.717) is 31.1 Å². The van der Waals surface area contributed by atoms with E-state index in [9.17, 15) is 9.59 Å². The zero-order chi connectivity index (χ0) is 30.1. The number of hydrogen-bond acceptors (Lipinski definition) is 6. The number of ether oxygens (including phenoxy) is 2. The van der Waals surface area contributed by atoms with Crippen LogP contribution in [0.15, 0.2) is 22.5 Å². The van der Waals surface area contributed by atoms with E-state index < -0.39 is 12.1 Å². The number of carbonyl (C=O) groups excluding carboxylic acids is 2. The SMILES string of the molecule is CCCCCCCCCCCCCCCCCCNC(=O)O[N+]1(CC)C(C)=C(C(=O)OC)C(N)=C(C2CCO2)C1C.[Cl-]. The Labute approximate surface area is 262 Å². The zero-order valence-electron chi connectivity index (χ0n) is 27.2. The summed E-state index contributed by atoms with van der Waals surface area (Å²) in [5.74, 6) is -0.531. The van der Waals surface area contributed by atoms with E-state index in [1.165, 1.54) is 97.0 Å². The van der Waals surface area contributed by atoms with Crippen LogP contribution < -0.4 is 23.5 Å². The molecule has 2 rings (SSSR count). The Kier molecular flexibility index (Phi) is 19.1. The molecule has 0 aromatic heterocycles. The standard InChI is InChI=1S/C33H59N3O5.ClH/c1-6-8-9-10-11-12-13-14-15-16-17-18-19-20-21-22-24-35-33(38)41-36(7-2)26(3)29(28-23-25-40-28)31(34)30(27(36)4)32(37)39-5;/h26,28H,6-25,34H2,1-5H3;1H. The fourth-order valence-electron chi connectivity index (χ4n) is 6.32. The van der Waals surface area contributed by atoms with Crippen LogP contribution in [0.3, 0.4) is 0 Å². The third-order valence-electron chi connectivity index (χ3n) is 9.04. The molecule has 3 atom stereocenters. The van der Waals surface area contributed by atoms with Crippen molar-refractivity contribution in [3.8, 4) is 0 Å². The highest BCUT2D eigenvalue weighted by Gasteiger charge is 2.52. The number of carbonyl (C=O) groups is 2. The molecule has 2 aliphatic heterocycles. The van der Waals surface area contributed by atoms with Gasteiger partial charge in [-0.25, -0.2) is 14.4 Å². The molecule has 0 spiro atoms. The van der Waals surface area contributed by atoms with Gasteiger partial charge >= 0.3 is 12.1 Å². The van der Waals surface area contributed by atoms with Crippen LogP contribution >= 0.6 is 0 Å². The van der Waals surface area contributed by atoms with E-state index in [1.54, 1.807) is 6.92 Å². The minimum absolute atomic E-state index is 0. The van der Waals surface area contributed by atoms with Gasteiger partial charge in [0.25, 0.3) is 0 Å². The summed E-state index contributed by atoms with van der Waals surface area (Å²) in [4.78, 5) is 31.7. The number of rotatable bonds is 21. The second-order valence-electron chi connectivity index (χ2n) is 11.9. The van der Waals surface area contributed by atoms with Crippen molar-refractivity contribution in [3.63, 3.8) is 0 Å². The molecule has 0 aromatic carbocycles. The Morgan fingerprint density at radius 2 is 1.38 bits per heavy atom. The van der Waals surface area contributed by atoms with Gasteiger partial charge in [-0.2, -0.15) is 0 Å². The van der Waals surface area contributed by atoms with Crippen molar-refractivity contribution < 1.29 is 41.0 Å². The first kappa shape index (κ1) is 38.3. The minimum atomic E-state index is -0.531. The lowest BCUT2D eigenvalue weighted by atomic mass is 9.87. The number of methoxy groups -OCH3 is 1. The maximum Gasteiger partial charge on any atom is 0.462 e. The van der Waals surface area contributed by atoms with Gasteiger partial charge in [0.05, 0.1) is 25.5 Å². The predicted octanol–water partition coefficient (Wildman–Crippen LogP) is 4.58. The second kappa shape index (κ2) is 21.0. The fourth-order valence-corrected chi connectivity index (χ4v) is 6.32. The van der Waals surface area contributed by atoms with Crippen LogP contribution in [-0.4, -0.2) is 55.7 Å². The zero-order valence-corrected chi connectivity index (χ0v) is 28.0. The number of hydroxylamine groups is 3. The fraction of sp³-hybridized carbons (Fsp3) is 0.818. The maximum absolute atomic E-state index is 12.9. The molecule has 8 nitrogen and oxygen atoms in total. The molecule has 0 saturated carbocycles. The lowest BCUT2D eigenvalue weighted by Crippen LogP contribution is -3.00. The van der Waals surface area contributed by atoms with Crippen molar-refractivity contribution in [1.29, 1.82) is 0 Å². The summed E-state index contributed by atoms with van der Waals surface area (Å²) in [6, 6.07) is -0.278. The Morgan fingerprint density at radius 3 is 1.79 bits per heavy atom. The van der Waals surface area contributed by atoms with E-state index in [0.717, 1.165) is 24.8 Å². The summed E-state index contributed by atoms with van der Waals surface area (Å²) in [5.41, 5.74) is 8.50. The number of likely N-dealkylation sites (N-methyl/N-ethyl adjacent to an activating group) is 1. The molecule has 3 unspecified atom stereocenters. The smallest absolute Gasteiger partial charge is 0.462 e. The Balaban J connectivity index is 0.00000882. The van der Waals surface area contributed by atoms with E-state index >= 15 is 0 Å². The number of nitrogens with one attached hydrogen (secondary N) is 1. The molecule has 2 heterocycles. The van der Waals surface area contributed by atoms with E-state index in [2.05, 4.69) is 12.2 Å². The lowest BCUT2D eigenvalue weighted by Gasteiger charge is -2.45. The Morgan fingerprint density at radius 1 is 0.905 bits per heavy atom. The molecular weight excluding hydrogens is 554 g/mol. The van der Waals surface area contributed by atoms with Crippen molar-refractivity contribution in [2.45, 2.75) is 149 Å².